The molecule has 13 heavy (non-hydrogen) atoms. The van der Waals surface area contributed by atoms with Gasteiger partial charge in [0.05, 0.1) is 0 Å². The number of rotatable bonds is 1. The monoisotopic (exact) mass is 180 g/mol. The Labute approximate surface area is 74.3 Å². The molecule has 1 aromatic rings. The van der Waals surface area contributed by atoms with Crippen LogP contribution in [0.4, 0.5) is 5.95 Å². The lowest BCUT2D eigenvalue weighted by Crippen LogP contribution is -2.30. The minimum absolute atomic E-state index is 0.138. The SMILES string of the molecule is Cc1nc(N2C=NC(C)C2=O)no1. The highest BCUT2D eigenvalue weighted by atomic mass is 16.5. The standard InChI is InChI=1S/C7H8N4O2/c1-4-6(12)11(3-8-4)7-9-5(2)13-10-7/h3-4H,1-2H3. The number of amides is 1. The summed E-state index contributed by atoms with van der Waals surface area (Å²) in [5.41, 5.74) is 0. The van der Waals surface area contributed by atoms with Crippen LogP contribution in [0.15, 0.2) is 9.52 Å². The van der Waals surface area contributed by atoms with Gasteiger partial charge in [0.2, 0.25) is 5.89 Å². The lowest BCUT2D eigenvalue weighted by Gasteiger charge is -2.05. The fourth-order valence-corrected chi connectivity index (χ4v) is 1.03. The van der Waals surface area contributed by atoms with Crippen molar-refractivity contribution < 1.29 is 9.32 Å². The van der Waals surface area contributed by atoms with E-state index in [-0.39, 0.29) is 17.9 Å². The first-order chi connectivity index (χ1) is 6.18. The van der Waals surface area contributed by atoms with Gasteiger partial charge in [-0.15, -0.1) is 0 Å². The molecule has 0 aliphatic carbocycles. The highest BCUT2D eigenvalue weighted by Gasteiger charge is 2.28. The molecule has 1 atom stereocenters. The summed E-state index contributed by atoms with van der Waals surface area (Å²) in [6, 6.07) is -0.348. The van der Waals surface area contributed by atoms with Crippen LogP contribution in [-0.4, -0.2) is 28.4 Å². The Morgan fingerprint density at radius 3 is 2.85 bits per heavy atom. The molecule has 6 nitrogen and oxygen atoms in total. The van der Waals surface area contributed by atoms with Gasteiger partial charge in [-0.3, -0.25) is 9.79 Å². The van der Waals surface area contributed by atoms with Gasteiger partial charge < -0.3 is 4.52 Å². The van der Waals surface area contributed by atoms with Gasteiger partial charge in [-0.2, -0.15) is 4.98 Å². The Morgan fingerprint density at radius 1 is 1.62 bits per heavy atom. The van der Waals surface area contributed by atoms with Crippen LogP contribution < -0.4 is 4.90 Å². The van der Waals surface area contributed by atoms with Gasteiger partial charge in [0.25, 0.3) is 11.9 Å². The number of aliphatic imine (C=N–C) groups is 1. The number of carbonyl (C=O) groups is 1. The predicted molar refractivity (Wildman–Crippen MR) is 44.5 cm³/mol. The molecule has 1 unspecified atom stereocenters. The van der Waals surface area contributed by atoms with E-state index in [9.17, 15) is 4.79 Å². The van der Waals surface area contributed by atoms with Gasteiger partial charge in [0, 0.05) is 6.92 Å². The second-order valence-corrected chi connectivity index (χ2v) is 2.76. The highest BCUT2D eigenvalue weighted by molar-refractivity contribution is 6.13. The van der Waals surface area contributed by atoms with Crippen molar-refractivity contribution in [1.82, 2.24) is 10.1 Å². The van der Waals surface area contributed by atoms with Crippen molar-refractivity contribution >= 4 is 18.2 Å². The molecule has 1 aliphatic rings. The maximum absolute atomic E-state index is 11.4. The molecule has 2 rings (SSSR count). The molecule has 0 aromatic carbocycles. The van der Waals surface area contributed by atoms with Gasteiger partial charge in [0.1, 0.15) is 12.4 Å². The third-order valence-corrected chi connectivity index (χ3v) is 1.73. The molecule has 1 amide bonds. The summed E-state index contributed by atoms with van der Waals surface area (Å²) in [4.78, 5) is 20.5. The molecule has 0 spiro atoms. The number of anilines is 1. The predicted octanol–water partition coefficient (Wildman–Crippen LogP) is 0.141. The number of hydrogen-bond acceptors (Lipinski definition) is 5. The fourth-order valence-electron chi connectivity index (χ4n) is 1.03. The minimum Gasteiger partial charge on any atom is -0.338 e. The van der Waals surface area contributed by atoms with Crippen molar-refractivity contribution in [3.05, 3.63) is 5.89 Å². The van der Waals surface area contributed by atoms with E-state index in [1.165, 1.54) is 11.2 Å². The molecular formula is C7H8N4O2. The summed E-state index contributed by atoms with van der Waals surface area (Å²) < 4.78 is 4.74. The molecule has 1 aliphatic heterocycles. The molecule has 0 saturated carbocycles. The van der Waals surface area contributed by atoms with Crippen LogP contribution in [0.5, 0.6) is 0 Å². The van der Waals surface area contributed by atoms with Crippen LogP contribution in [0.1, 0.15) is 12.8 Å². The van der Waals surface area contributed by atoms with Crippen molar-refractivity contribution in [1.29, 1.82) is 0 Å². The van der Waals surface area contributed by atoms with Crippen LogP contribution in [0.3, 0.4) is 0 Å². The minimum atomic E-state index is -0.348. The van der Waals surface area contributed by atoms with E-state index in [2.05, 4.69) is 15.1 Å². The van der Waals surface area contributed by atoms with E-state index in [0.29, 0.717) is 5.89 Å². The summed E-state index contributed by atoms with van der Waals surface area (Å²) in [5.74, 6) is 0.534. The summed E-state index contributed by atoms with van der Waals surface area (Å²) >= 11 is 0. The van der Waals surface area contributed by atoms with Crippen molar-refractivity contribution in [3.63, 3.8) is 0 Å². The van der Waals surface area contributed by atoms with E-state index in [0.717, 1.165) is 0 Å². The molecule has 0 fully saturated rings. The maximum atomic E-state index is 11.4. The zero-order valence-corrected chi connectivity index (χ0v) is 7.26. The lowest BCUT2D eigenvalue weighted by molar-refractivity contribution is -0.117. The molecular weight excluding hydrogens is 172 g/mol. The Hall–Kier alpha value is -1.72. The average molecular weight is 180 g/mol. The first-order valence-corrected chi connectivity index (χ1v) is 3.85. The van der Waals surface area contributed by atoms with Crippen molar-refractivity contribution in [2.45, 2.75) is 19.9 Å². The largest absolute Gasteiger partial charge is 0.338 e. The molecule has 2 heterocycles. The number of carbonyl (C=O) groups excluding carboxylic acids is 1. The molecule has 1 aromatic heterocycles. The Kier molecular flexibility index (Phi) is 1.61. The van der Waals surface area contributed by atoms with Crippen LogP contribution in [0.25, 0.3) is 0 Å². The number of hydrogen-bond donors (Lipinski definition) is 0. The molecule has 68 valence electrons. The first-order valence-electron chi connectivity index (χ1n) is 3.85. The van der Waals surface area contributed by atoms with E-state index in [1.54, 1.807) is 13.8 Å². The Balaban J connectivity index is 2.29. The molecule has 6 heteroatoms. The number of nitrogens with zero attached hydrogens (tertiary/aromatic N) is 4. The van der Waals surface area contributed by atoms with E-state index >= 15 is 0 Å². The second kappa shape index (κ2) is 2.65. The number of aromatic nitrogens is 2. The first kappa shape index (κ1) is 7.90. The maximum Gasteiger partial charge on any atom is 0.278 e. The summed E-state index contributed by atoms with van der Waals surface area (Å²) in [6.45, 7) is 3.38. The van der Waals surface area contributed by atoms with E-state index in [4.69, 9.17) is 4.52 Å². The van der Waals surface area contributed by atoms with Gasteiger partial charge in [-0.25, -0.2) is 4.90 Å². The highest BCUT2D eigenvalue weighted by Crippen LogP contribution is 2.13. The summed E-state index contributed by atoms with van der Waals surface area (Å²) in [5, 5.41) is 3.61. The molecule has 0 radical (unpaired) electrons. The Bertz CT molecular complexity index is 370. The topological polar surface area (TPSA) is 71.6 Å². The van der Waals surface area contributed by atoms with Crippen LogP contribution in [0, 0.1) is 6.92 Å². The fraction of sp³-hybridized carbons (Fsp3) is 0.429. The second-order valence-electron chi connectivity index (χ2n) is 2.76. The summed E-state index contributed by atoms with van der Waals surface area (Å²) in [6.07, 6.45) is 1.41. The third kappa shape index (κ3) is 1.20. The van der Waals surface area contributed by atoms with Crippen molar-refractivity contribution in [2.75, 3.05) is 4.90 Å². The average Bonchev–Trinajstić information content (AvgIpc) is 2.62. The van der Waals surface area contributed by atoms with Gasteiger partial charge >= 0.3 is 0 Å². The van der Waals surface area contributed by atoms with Gasteiger partial charge in [0.15, 0.2) is 0 Å². The van der Waals surface area contributed by atoms with Gasteiger partial charge in [-0.05, 0) is 12.1 Å². The van der Waals surface area contributed by atoms with Crippen LogP contribution in [-0.2, 0) is 4.79 Å². The van der Waals surface area contributed by atoms with Crippen molar-refractivity contribution in [2.24, 2.45) is 4.99 Å². The molecule has 0 bridgehead atoms. The Morgan fingerprint density at radius 2 is 2.38 bits per heavy atom. The molecule has 0 saturated heterocycles. The summed E-state index contributed by atoms with van der Waals surface area (Å²) in [7, 11) is 0. The smallest absolute Gasteiger partial charge is 0.278 e. The normalized spacial score (nSPS) is 21.5. The van der Waals surface area contributed by atoms with E-state index < -0.39 is 0 Å². The quantitative estimate of drug-likeness (QED) is 0.616. The number of aryl methyl sites for hydroxylation is 1. The third-order valence-electron chi connectivity index (χ3n) is 1.73. The van der Waals surface area contributed by atoms with Crippen LogP contribution >= 0.6 is 0 Å². The van der Waals surface area contributed by atoms with Crippen LogP contribution in [0.2, 0.25) is 0 Å². The lowest BCUT2D eigenvalue weighted by atomic mass is 10.3. The van der Waals surface area contributed by atoms with E-state index in [1.807, 2.05) is 0 Å². The zero-order chi connectivity index (χ0) is 9.42. The zero-order valence-electron chi connectivity index (χ0n) is 7.26. The van der Waals surface area contributed by atoms with Gasteiger partial charge in [-0.1, -0.05) is 0 Å². The van der Waals surface area contributed by atoms with Crippen molar-refractivity contribution in [3.8, 4) is 0 Å². The molecule has 0 N–H and O–H groups in total.